The summed E-state index contributed by atoms with van der Waals surface area (Å²) in [5.41, 5.74) is 1.92. The lowest BCUT2D eigenvalue weighted by molar-refractivity contribution is -0.137. The van der Waals surface area contributed by atoms with Gasteiger partial charge in [0.1, 0.15) is 0 Å². The number of para-hydroxylation sites is 1. The van der Waals surface area contributed by atoms with Gasteiger partial charge in [-0.05, 0) is 13.0 Å². The molecule has 4 heteroatoms. The summed E-state index contributed by atoms with van der Waals surface area (Å²) in [6, 6.07) is 7.36. The molecule has 0 saturated heterocycles. The second-order valence-electron chi connectivity index (χ2n) is 4.03. The van der Waals surface area contributed by atoms with Crippen molar-refractivity contribution in [2.45, 2.75) is 6.92 Å². The molecule has 1 heterocycles. The topological polar surface area (TPSA) is 46.6 Å². The van der Waals surface area contributed by atoms with Crippen molar-refractivity contribution < 1.29 is 14.3 Å². The fourth-order valence-corrected chi connectivity index (χ4v) is 2.06. The summed E-state index contributed by atoms with van der Waals surface area (Å²) >= 11 is 0. The number of esters is 1. The molecule has 0 N–H and O–H groups in total. The van der Waals surface area contributed by atoms with Crippen molar-refractivity contribution in [1.82, 2.24) is 0 Å². The van der Waals surface area contributed by atoms with E-state index in [0.29, 0.717) is 12.1 Å². The lowest BCUT2D eigenvalue weighted by atomic mass is 10.1. The Hall–Kier alpha value is -2.36. The monoisotopic (exact) mass is 257 g/mol. The molecule has 0 saturated carbocycles. The number of carbonyl (C=O) groups excluding carboxylic acids is 2. The Morgan fingerprint density at radius 1 is 1.42 bits per heavy atom. The third-order valence-electron chi connectivity index (χ3n) is 2.82. The first kappa shape index (κ1) is 13.1. The summed E-state index contributed by atoms with van der Waals surface area (Å²) in [6.45, 7) is 6.07. The van der Waals surface area contributed by atoms with Crippen molar-refractivity contribution >= 4 is 23.1 Å². The Bertz CT molecular complexity index is 560. The molecule has 1 aliphatic rings. The number of carbonyl (C=O) groups is 2. The van der Waals surface area contributed by atoms with Gasteiger partial charge in [-0.25, -0.2) is 4.79 Å². The van der Waals surface area contributed by atoms with Gasteiger partial charge in [-0.2, -0.15) is 0 Å². The summed E-state index contributed by atoms with van der Waals surface area (Å²) in [5.74, 6) is -0.699. The number of nitrogens with zero attached hydrogens (tertiary/aromatic N) is 1. The predicted molar refractivity (Wildman–Crippen MR) is 73.6 cm³/mol. The van der Waals surface area contributed by atoms with Gasteiger partial charge in [-0.3, -0.25) is 4.79 Å². The molecule has 4 nitrogen and oxygen atoms in total. The highest BCUT2D eigenvalue weighted by atomic mass is 16.5. The standard InChI is InChI=1S/C15H15NO3/c1-3-9-16-13-8-6-5-7-11(13)12(15(16)18)10-14(17)19-4-2/h3,5-8,10H,1,4,9H2,2H3/b12-10-. The smallest absolute Gasteiger partial charge is 0.331 e. The van der Waals surface area contributed by atoms with Gasteiger partial charge >= 0.3 is 5.97 Å². The number of hydrogen-bond acceptors (Lipinski definition) is 3. The number of hydrogen-bond donors (Lipinski definition) is 0. The van der Waals surface area contributed by atoms with Crippen molar-refractivity contribution in [3.63, 3.8) is 0 Å². The van der Waals surface area contributed by atoms with Crippen LogP contribution < -0.4 is 4.90 Å². The van der Waals surface area contributed by atoms with Gasteiger partial charge in [0.25, 0.3) is 5.91 Å². The maximum absolute atomic E-state index is 12.3. The lowest BCUT2D eigenvalue weighted by Crippen LogP contribution is -2.26. The molecule has 0 unspecified atom stereocenters. The molecule has 19 heavy (non-hydrogen) atoms. The molecule has 0 atom stereocenters. The maximum atomic E-state index is 12.3. The molecule has 2 rings (SSSR count). The van der Waals surface area contributed by atoms with E-state index in [1.165, 1.54) is 6.08 Å². The number of fused-ring (bicyclic) bond motifs is 1. The van der Waals surface area contributed by atoms with Gasteiger partial charge in [0.05, 0.1) is 17.9 Å². The van der Waals surface area contributed by atoms with Crippen molar-refractivity contribution in [2.24, 2.45) is 0 Å². The zero-order chi connectivity index (χ0) is 13.8. The van der Waals surface area contributed by atoms with E-state index in [2.05, 4.69) is 6.58 Å². The zero-order valence-corrected chi connectivity index (χ0v) is 10.8. The third kappa shape index (κ3) is 2.42. The van der Waals surface area contributed by atoms with E-state index in [4.69, 9.17) is 4.74 Å². The Labute approximate surface area is 112 Å². The van der Waals surface area contributed by atoms with E-state index in [1.807, 2.05) is 24.3 Å². The van der Waals surface area contributed by atoms with Crippen molar-refractivity contribution in [2.75, 3.05) is 18.1 Å². The highest BCUT2D eigenvalue weighted by Crippen LogP contribution is 2.36. The van der Waals surface area contributed by atoms with E-state index in [-0.39, 0.29) is 12.5 Å². The zero-order valence-electron chi connectivity index (χ0n) is 10.8. The molecule has 98 valence electrons. The van der Waals surface area contributed by atoms with Crippen LogP contribution in [0.5, 0.6) is 0 Å². The van der Waals surface area contributed by atoms with Crippen LogP contribution in [0.1, 0.15) is 12.5 Å². The summed E-state index contributed by atoms with van der Waals surface area (Å²) in [6.07, 6.45) is 2.91. The Balaban J connectivity index is 2.44. The number of ether oxygens (including phenoxy) is 1. The van der Waals surface area contributed by atoms with E-state index in [1.54, 1.807) is 17.9 Å². The van der Waals surface area contributed by atoms with Gasteiger partial charge < -0.3 is 9.64 Å². The molecule has 0 radical (unpaired) electrons. The molecular formula is C15H15NO3. The number of rotatable bonds is 4. The Morgan fingerprint density at radius 3 is 2.84 bits per heavy atom. The first-order chi connectivity index (χ1) is 9.19. The highest BCUT2D eigenvalue weighted by Gasteiger charge is 2.31. The first-order valence-electron chi connectivity index (χ1n) is 6.09. The number of benzene rings is 1. The van der Waals surface area contributed by atoms with Crippen LogP contribution in [-0.4, -0.2) is 25.0 Å². The molecular weight excluding hydrogens is 242 g/mol. The number of anilines is 1. The largest absolute Gasteiger partial charge is 0.463 e. The SMILES string of the molecule is C=CCN1C(=O)/C(=C\C(=O)OCC)c2ccccc21. The van der Waals surface area contributed by atoms with Crippen molar-refractivity contribution in [3.05, 3.63) is 48.6 Å². The second kappa shape index (κ2) is 5.52. The van der Waals surface area contributed by atoms with Crippen LogP contribution in [0.25, 0.3) is 5.57 Å². The van der Waals surface area contributed by atoms with Crippen LogP contribution in [0.3, 0.4) is 0 Å². The fraction of sp³-hybridized carbons (Fsp3) is 0.200. The molecule has 1 aliphatic heterocycles. The normalized spacial score (nSPS) is 15.5. The summed E-state index contributed by atoms with van der Waals surface area (Å²) in [5, 5.41) is 0. The van der Waals surface area contributed by atoms with Gasteiger partial charge in [0.15, 0.2) is 0 Å². The van der Waals surface area contributed by atoms with Crippen LogP contribution >= 0.6 is 0 Å². The number of amides is 1. The van der Waals surface area contributed by atoms with Crippen LogP contribution in [0.2, 0.25) is 0 Å². The minimum absolute atomic E-state index is 0.200. The highest BCUT2D eigenvalue weighted by molar-refractivity contribution is 6.34. The molecule has 1 amide bonds. The van der Waals surface area contributed by atoms with E-state index < -0.39 is 5.97 Å². The molecule has 1 aromatic rings. The third-order valence-corrected chi connectivity index (χ3v) is 2.82. The van der Waals surface area contributed by atoms with Crippen LogP contribution in [0.15, 0.2) is 43.0 Å². The second-order valence-corrected chi connectivity index (χ2v) is 4.03. The minimum atomic E-state index is -0.499. The van der Waals surface area contributed by atoms with Gasteiger partial charge in [-0.15, -0.1) is 6.58 Å². The molecule has 0 bridgehead atoms. The summed E-state index contributed by atoms with van der Waals surface area (Å²) < 4.78 is 4.86. The van der Waals surface area contributed by atoms with Gasteiger partial charge in [0.2, 0.25) is 0 Å². The van der Waals surface area contributed by atoms with E-state index in [9.17, 15) is 9.59 Å². The Kier molecular flexibility index (Phi) is 3.80. The molecule has 0 aliphatic carbocycles. The Morgan fingerprint density at radius 2 is 2.16 bits per heavy atom. The predicted octanol–water partition coefficient (Wildman–Crippen LogP) is 2.17. The quantitative estimate of drug-likeness (QED) is 0.472. The van der Waals surface area contributed by atoms with Crippen molar-refractivity contribution in [1.29, 1.82) is 0 Å². The molecule has 1 aromatic carbocycles. The van der Waals surface area contributed by atoms with E-state index >= 15 is 0 Å². The molecule has 0 aromatic heterocycles. The van der Waals surface area contributed by atoms with Crippen molar-refractivity contribution in [3.8, 4) is 0 Å². The van der Waals surface area contributed by atoms with Gasteiger partial charge in [0, 0.05) is 18.2 Å². The fourth-order valence-electron chi connectivity index (χ4n) is 2.06. The lowest BCUT2D eigenvalue weighted by Gasteiger charge is -2.13. The molecule has 0 fully saturated rings. The van der Waals surface area contributed by atoms with E-state index in [0.717, 1.165) is 11.3 Å². The van der Waals surface area contributed by atoms with Crippen LogP contribution in [0, 0.1) is 0 Å². The summed E-state index contributed by atoms with van der Waals surface area (Å²) in [7, 11) is 0. The average Bonchev–Trinajstić information content (AvgIpc) is 2.66. The summed E-state index contributed by atoms with van der Waals surface area (Å²) in [4.78, 5) is 25.4. The first-order valence-corrected chi connectivity index (χ1v) is 6.09. The van der Waals surface area contributed by atoms with Crippen LogP contribution in [-0.2, 0) is 14.3 Å². The minimum Gasteiger partial charge on any atom is -0.463 e. The average molecular weight is 257 g/mol. The molecule has 0 spiro atoms. The van der Waals surface area contributed by atoms with Crippen LogP contribution in [0.4, 0.5) is 5.69 Å². The maximum Gasteiger partial charge on any atom is 0.331 e. The van der Waals surface area contributed by atoms with Gasteiger partial charge in [-0.1, -0.05) is 24.3 Å².